The van der Waals surface area contributed by atoms with Gasteiger partial charge in [0.05, 0.1) is 6.04 Å². The summed E-state index contributed by atoms with van der Waals surface area (Å²) in [5.74, 6) is 0.130. The highest BCUT2D eigenvalue weighted by Gasteiger charge is 2.13. The van der Waals surface area contributed by atoms with Crippen LogP contribution in [0.1, 0.15) is 50.4 Å². The van der Waals surface area contributed by atoms with Gasteiger partial charge in [0.2, 0.25) is 5.91 Å². The zero-order chi connectivity index (χ0) is 12.7. The number of carbonyl (C=O) groups excluding carboxylic acids is 1. The van der Waals surface area contributed by atoms with E-state index in [2.05, 4.69) is 18.3 Å². The molecule has 0 aliphatic carbocycles. The lowest BCUT2D eigenvalue weighted by molar-refractivity contribution is -0.122. The first-order valence-electron chi connectivity index (χ1n) is 6.21. The zero-order valence-electron chi connectivity index (χ0n) is 10.6. The number of thiophene rings is 1. The van der Waals surface area contributed by atoms with E-state index in [1.165, 1.54) is 4.88 Å². The summed E-state index contributed by atoms with van der Waals surface area (Å²) < 4.78 is 0. The van der Waals surface area contributed by atoms with Crippen molar-refractivity contribution in [3.05, 3.63) is 22.4 Å². The van der Waals surface area contributed by atoms with Crippen molar-refractivity contribution in [1.29, 1.82) is 0 Å². The molecule has 96 valence electrons. The van der Waals surface area contributed by atoms with Gasteiger partial charge in [-0.3, -0.25) is 4.79 Å². The normalized spacial score (nSPS) is 14.3. The number of carbonyl (C=O) groups is 1. The molecule has 0 spiro atoms. The van der Waals surface area contributed by atoms with Gasteiger partial charge in [-0.05, 0) is 37.6 Å². The maximum Gasteiger partial charge on any atom is 0.220 e. The van der Waals surface area contributed by atoms with Crippen molar-refractivity contribution in [3.8, 4) is 0 Å². The van der Waals surface area contributed by atoms with Crippen LogP contribution in [0.5, 0.6) is 0 Å². The van der Waals surface area contributed by atoms with Crippen molar-refractivity contribution in [3.63, 3.8) is 0 Å². The molecule has 0 aliphatic heterocycles. The van der Waals surface area contributed by atoms with Gasteiger partial charge in [0, 0.05) is 17.3 Å². The fraction of sp³-hybridized carbons (Fsp3) is 0.615. The Labute approximate surface area is 107 Å². The average molecular weight is 254 g/mol. The van der Waals surface area contributed by atoms with E-state index in [9.17, 15) is 4.79 Å². The number of nitrogens with two attached hydrogens (primary N) is 1. The quantitative estimate of drug-likeness (QED) is 0.786. The first-order chi connectivity index (χ1) is 8.13. The average Bonchev–Trinajstić information content (AvgIpc) is 2.78. The van der Waals surface area contributed by atoms with Crippen LogP contribution in [0.25, 0.3) is 0 Å². The molecule has 3 nitrogen and oxygen atoms in total. The van der Waals surface area contributed by atoms with Crippen molar-refractivity contribution in [2.24, 2.45) is 5.73 Å². The highest BCUT2D eigenvalue weighted by Crippen LogP contribution is 2.21. The molecule has 0 aliphatic rings. The standard InChI is InChI=1S/C13H22N2OS/c1-3-11(12-7-5-9-17-12)15-13(16)8-4-6-10(2)14/h5,7,9-11H,3-4,6,8,14H2,1-2H3,(H,15,16). The molecule has 3 N–H and O–H groups in total. The zero-order valence-corrected chi connectivity index (χ0v) is 11.4. The Kier molecular flexibility index (Phi) is 6.22. The number of rotatable bonds is 7. The predicted molar refractivity (Wildman–Crippen MR) is 73.0 cm³/mol. The molecule has 1 aromatic heterocycles. The summed E-state index contributed by atoms with van der Waals surface area (Å²) in [5, 5.41) is 5.12. The van der Waals surface area contributed by atoms with Gasteiger partial charge in [-0.25, -0.2) is 0 Å². The Morgan fingerprint density at radius 3 is 2.88 bits per heavy atom. The van der Waals surface area contributed by atoms with Crippen LogP contribution >= 0.6 is 11.3 Å². The van der Waals surface area contributed by atoms with Gasteiger partial charge in [0.15, 0.2) is 0 Å². The second-order valence-corrected chi connectivity index (χ2v) is 5.39. The third-order valence-corrected chi connectivity index (χ3v) is 3.68. The minimum Gasteiger partial charge on any atom is -0.348 e. The van der Waals surface area contributed by atoms with Gasteiger partial charge in [0.25, 0.3) is 0 Å². The molecule has 0 fully saturated rings. The van der Waals surface area contributed by atoms with E-state index in [0.717, 1.165) is 19.3 Å². The molecule has 1 aromatic rings. The van der Waals surface area contributed by atoms with Crippen LogP contribution in [0, 0.1) is 0 Å². The number of amides is 1. The van der Waals surface area contributed by atoms with Crippen LogP contribution in [0.3, 0.4) is 0 Å². The van der Waals surface area contributed by atoms with Gasteiger partial charge in [-0.2, -0.15) is 0 Å². The van der Waals surface area contributed by atoms with Crippen LogP contribution < -0.4 is 11.1 Å². The molecule has 0 saturated heterocycles. The summed E-state index contributed by atoms with van der Waals surface area (Å²) in [7, 11) is 0. The number of hydrogen-bond acceptors (Lipinski definition) is 3. The third-order valence-electron chi connectivity index (χ3n) is 2.69. The first-order valence-corrected chi connectivity index (χ1v) is 7.09. The summed E-state index contributed by atoms with van der Waals surface area (Å²) >= 11 is 1.69. The smallest absolute Gasteiger partial charge is 0.220 e. The van der Waals surface area contributed by atoms with Crippen molar-refractivity contribution in [1.82, 2.24) is 5.32 Å². The number of hydrogen-bond donors (Lipinski definition) is 2. The number of nitrogens with one attached hydrogen (secondary N) is 1. The Bertz CT molecular complexity index is 322. The van der Waals surface area contributed by atoms with Crippen LogP contribution in [0.4, 0.5) is 0 Å². The fourth-order valence-electron chi connectivity index (χ4n) is 1.72. The molecule has 0 radical (unpaired) electrons. The molecule has 1 amide bonds. The maximum atomic E-state index is 11.7. The van der Waals surface area contributed by atoms with Crippen molar-refractivity contribution >= 4 is 17.2 Å². The van der Waals surface area contributed by atoms with E-state index in [1.807, 2.05) is 18.4 Å². The SMILES string of the molecule is CCC(NC(=O)CCCC(C)N)c1cccs1. The van der Waals surface area contributed by atoms with Crippen molar-refractivity contribution in [2.45, 2.75) is 51.6 Å². The van der Waals surface area contributed by atoms with Gasteiger partial charge < -0.3 is 11.1 Å². The van der Waals surface area contributed by atoms with E-state index in [1.54, 1.807) is 11.3 Å². The molecular formula is C13H22N2OS. The Morgan fingerprint density at radius 1 is 1.59 bits per heavy atom. The first kappa shape index (κ1) is 14.2. The summed E-state index contributed by atoms with van der Waals surface area (Å²) in [4.78, 5) is 13.0. The highest BCUT2D eigenvalue weighted by molar-refractivity contribution is 7.10. The Morgan fingerprint density at radius 2 is 2.35 bits per heavy atom. The topological polar surface area (TPSA) is 55.1 Å². The van der Waals surface area contributed by atoms with Crippen molar-refractivity contribution < 1.29 is 4.79 Å². The second-order valence-electron chi connectivity index (χ2n) is 4.41. The Balaban J connectivity index is 2.33. The van der Waals surface area contributed by atoms with Gasteiger partial charge in [-0.15, -0.1) is 11.3 Å². The van der Waals surface area contributed by atoms with Gasteiger partial charge in [-0.1, -0.05) is 13.0 Å². The Hall–Kier alpha value is -0.870. The maximum absolute atomic E-state index is 11.7. The lowest BCUT2D eigenvalue weighted by Crippen LogP contribution is -2.27. The second kappa shape index (κ2) is 7.45. The minimum atomic E-state index is 0.130. The molecule has 2 atom stereocenters. The summed E-state index contributed by atoms with van der Waals surface area (Å²) in [6, 6.07) is 4.44. The van der Waals surface area contributed by atoms with Crippen LogP contribution in [0.15, 0.2) is 17.5 Å². The van der Waals surface area contributed by atoms with E-state index >= 15 is 0 Å². The molecule has 0 saturated carbocycles. The van der Waals surface area contributed by atoms with E-state index in [4.69, 9.17) is 5.73 Å². The van der Waals surface area contributed by atoms with Crippen LogP contribution in [-0.2, 0) is 4.79 Å². The molecular weight excluding hydrogens is 232 g/mol. The highest BCUT2D eigenvalue weighted by atomic mass is 32.1. The fourth-order valence-corrected chi connectivity index (χ4v) is 2.58. The molecule has 1 rings (SSSR count). The van der Waals surface area contributed by atoms with Crippen LogP contribution in [-0.4, -0.2) is 11.9 Å². The molecule has 2 unspecified atom stereocenters. The molecule has 1 heterocycles. The monoisotopic (exact) mass is 254 g/mol. The lowest BCUT2D eigenvalue weighted by atomic mass is 10.1. The van der Waals surface area contributed by atoms with Gasteiger partial charge in [0.1, 0.15) is 0 Å². The van der Waals surface area contributed by atoms with Gasteiger partial charge >= 0.3 is 0 Å². The van der Waals surface area contributed by atoms with Crippen LogP contribution in [0.2, 0.25) is 0 Å². The van der Waals surface area contributed by atoms with Crippen molar-refractivity contribution in [2.75, 3.05) is 0 Å². The molecule has 0 aromatic carbocycles. The lowest BCUT2D eigenvalue weighted by Gasteiger charge is -2.15. The molecule has 17 heavy (non-hydrogen) atoms. The van der Waals surface area contributed by atoms with E-state index in [-0.39, 0.29) is 18.0 Å². The van der Waals surface area contributed by atoms with E-state index in [0.29, 0.717) is 6.42 Å². The molecule has 0 bridgehead atoms. The third kappa shape index (κ3) is 5.33. The molecule has 4 heteroatoms. The predicted octanol–water partition coefficient (Wildman–Crippen LogP) is 2.83. The summed E-state index contributed by atoms with van der Waals surface area (Å²) in [6.45, 7) is 4.06. The van der Waals surface area contributed by atoms with E-state index < -0.39 is 0 Å². The largest absolute Gasteiger partial charge is 0.348 e. The summed E-state index contributed by atoms with van der Waals surface area (Å²) in [6.07, 6.45) is 3.27. The minimum absolute atomic E-state index is 0.130. The summed E-state index contributed by atoms with van der Waals surface area (Å²) in [5.41, 5.74) is 5.65.